The second-order valence-electron chi connectivity index (χ2n) is 5.42. The molecule has 0 heterocycles. The summed E-state index contributed by atoms with van der Waals surface area (Å²) in [7, 11) is 1.58. The van der Waals surface area contributed by atoms with E-state index in [1.54, 1.807) is 19.2 Å². The largest absolute Gasteiger partial charge is 0.494 e. The van der Waals surface area contributed by atoms with Crippen LogP contribution < -0.4 is 15.4 Å². The van der Waals surface area contributed by atoms with Gasteiger partial charge in [0, 0.05) is 24.7 Å². The molecule has 5 nitrogen and oxygen atoms in total. The van der Waals surface area contributed by atoms with E-state index in [4.69, 9.17) is 4.74 Å². The highest BCUT2D eigenvalue weighted by atomic mass is 16.5. The van der Waals surface area contributed by atoms with Crippen LogP contribution in [0.3, 0.4) is 0 Å². The fourth-order valence-electron chi connectivity index (χ4n) is 2.19. The van der Waals surface area contributed by atoms with Crippen molar-refractivity contribution < 1.29 is 14.3 Å². The first kappa shape index (κ1) is 17.5. The summed E-state index contributed by atoms with van der Waals surface area (Å²) in [5.41, 5.74) is 2.09. The molecule has 0 aliphatic rings. The molecule has 0 atom stereocenters. The zero-order valence-electron chi connectivity index (χ0n) is 14.0. The Morgan fingerprint density at radius 2 is 1.83 bits per heavy atom. The molecule has 0 unspecified atom stereocenters. The molecule has 0 radical (unpaired) electrons. The summed E-state index contributed by atoms with van der Waals surface area (Å²) in [5, 5.41) is 5.42. The number of anilines is 1. The Labute approximate surface area is 142 Å². The molecule has 2 aromatic rings. The van der Waals surface area contributed by atoms with Crippen LogP contribution in [0.4, 0.5) is 5.69 Å². The third-order valence-electron chi connectivity index (χ3n) is 3.56. The van der Waals surface area contributed by atoms with Gasteiger partial charge in [-0.1, -0.05) is 24.3 Å². The van der Waals surface area contributed by atoms with Gasteiger partial charge in [0.15, 0.2) is 0 Å². The number of ether oxygens (including phenoxy) is 1. The van der Waals surface area contributed by atoms with Crippen LogP contribution >= 0.6 is 0 Å². The van der Waals surface area contributed by atoms with Gasteiger partial charge in [0.05, 0.1) is 6.61 Å². The Bertz CT molecular complexity index is 699. The van der Waals surface area contributed by atoms with Crippen molar-refractivity contribution >= 4 is 17.5 Å². The second-order valence-corrected chi connectivity index (χ2v) is 5.42. The predicted molar refractivity (Wildman–Crippen MR) is 94.4 cm³/mol. The molecule has 5 heteroatoms. The minimum atomic E-state index is -0.179. The number of rotatable bonds is 7. The number of nitrogens with one attached hydrogen (secondary N) is 2. The average Bonchev–Trinajstić information content (AvgIpc) is 2.61. The summed E-state index contributed by atoms with van der Waals surface area (Å²) in [4.78, 5) is 23.7. The smallest absolute Gasteiger partial charge is 0.251 e. The number of aryl methyl sites for hydroxylation is 1. The fraction of sp³-hybridized carbons (Fsp3) is 0.263. The summed E-state index contributed by atoms with van der Waals surface area (Å²) >= 11 is 0. The number of carbonyl (C=O) groups excluding carboxylic acids is 2. The molecule has 2 amide bonds. The van der Waals surface area contributed by atoms with Gasteiger partial charge in [-0.2, -0.15) is 0 Å². The second kappa shape index (κ2) is 8.72. The minimum absolute atomic E-state index is 0.0937. The topological polar surface area (TPSA) is 67.4 Å². The molecule has 0 saturated carbocycles. The molecule has 0 spiro atoms. The van der Waals surface area contributed by atoms with Gasteiger partial charge in [0.25, 0.3) is 5.91 Å². The zero-order chi connectivity index (χ0) is 17.4. The Balaban J connectivity index is 1.82. The molecule has 24 heavy (non-hydrogen) atoms. The summed E-state index contributed by atoms with van der Waals surface area (Å²) in [5.74, 6) is 0.526. The van der Waals surface area contributed by atoms with Gasteiger partial charge in [-0.3, -0.25) is 9.59 Å². The fourth-order valence-corrected chi connectivity index (χ4v) is 2.19. The number of amides is 2. The molecule has 0 aliphatic heterocycles. The maximum atomic E-state index is 12.1. The van der Waals surface area contributed by atoms with Gasteiger partial charge in [0.2, 0.25) is 5.91 Å². The molecule has 0 aromatic heterocycles. The van der Waals surface area contributed by atoms with E-state index in [9.17, 15) is 9.59 Å². The van der Waals surface area contributed by atoms with Crippen LogP contribution in [0.2, 0.25) is 0 Å². The monoisotopic (exact) mass is 326 g/mol. The molecule has 2 aromatic carbocycles. The lowest BCUT2D eigenvalue weighted by atomic mass is 10.1. The quantitative estimate of drug-likeness (QED) is 0.768. The van der Waals surface area contributed by atoms with E-state index >= 15 is 0 Å². The lowest BCUT2D eigenvalue weighted by Crippen LogP contribution is -2.19. The van der Waals surface area contributed by atoms with Crippen LogP contribution in [-0.4, -0.2) is 25.5 Å². The van der Waals surface area contributed by atoms with Crippen molar-refractivity contribution in [3.8, 4) is 5.75 Å². The van der Waals surface area contributed by atoms with E-state index in [-0.39, 0.29) is 11.8 Å². The van der Waals surface area contributed by atoms with E-state index in [0.29, 0.717) is 30.7 Å². The minimum Gasteiger partial charge on any atom is -0.494 e. The van der Waals surface area contributed by atoms with E-state index in [0.717, 1.165) is 11.3 Å². The Morgan fingerprint density at radius 3 is 2.54 bits per heavy atom. The van der Waals surface area contributed by atoms with Gasteiger partial charge < -0.3 is 15.4 Å². The molecular formula is C19H22N2O3. The first-order chi connectivity index (χ1) is 11.6. The highest BCUT2D eigenvalue weighted by Gasteiger charge is 2.09. The van der Waals surface area contributed by atoms with Crippen LogP contribution in [0.5, 0.6) is 5.75 Å². The van der Waals surface area contributed by atoms with Crippen molar-refractivity contribution in [1.29, 1.82) is 0 Å². The van der Waals surface area contributed by atoms with Crippen molar-refractivity contribution in [2.45, 2.75) is 19.8 Å². The molecule has 126 valence electrons. The van der Waals surface area contributed by atoms with Crippen molar-refractivity contribution in [1.82, 2.24) is 5.32 Å². The van der Waals surface area contributed by atoms with Crippen LogP contribution in [0.15, 0.2) is 48.5 Å². The van der Waals surface area contributed by atoms with Crippen molar-refractivity contribution in [3.63, 3.8) is 0 Å². The number of para-hydroxylation sites is 1. The van der Waals surface area contributed by atoms with Gasteiger partial charge in [0.1, 0.15) is 5.75 Å². The zero-order valence-corrected chi connectivity index (χ0v) is 14.0. The van der Waals surface area contributed by atoms with Gasteiger partial charge in [-0.05, 0) is 43.2 Å². The van der Waals surface area contributed by atoms with Crippen molar-refractivity contribution in [2.24, 2.45) is 0 Å². The Kier molecular flexibility index (Phi) is 6.37. The third kappa shape index (κ3) is 5.12. The lowest BCUT2D eigenvalue weighted by Gasteiger charge is -2.10. The number of carbonyl (C=O) groups is 2. The molecule has 0 saturated heterocycles. The standard InChI is InChI=1S/C19H22N2O3/c1-14-10-11-15(19(23)20-2)13-17(14)21-18(22)9-6-12-24-16-7-4-3-5-8-16/h3-5,7-8,10-11,13H,6,9,12H2,1-2H3,(H,20,23)(H,21,22). The summed E-state index contributed by atoms with van der Waals surface area (Å²) < 4.78 is 5.56. The molecule has 0 fully saturated rings. The van der Waals surface area contributed by atoms with Crippen LogP contribution in [-0.2, 0) is 4.79 Å². The first-order valence-corrected chi connectivity index (χ1v) is 7.90. The highest BCUT2D eigenvalue weighted by Crippen LogP contribution is 2.17. The summed E-state index contributed by atoms with van der Waals surface area (Å²) in [6.45, 7) is 2.37. The molecule has 0 aliphatic carbocycles. The number of benzene rings is 2. The third-order valence-corrected chi connectivity index (χ3v) is 3.56. The van der Waals surface area contributed by atoms with Crippen LogP contribution in [0, 0.1) is 6.92 Å². The van der Waals surface area contributed by atoms with E-state index in [2.05, 4.69) is 10.6 Å². The maximum absolute atomic E-state index is 12.1. The predicted octanol–water partition coefficient (Wildman–Crippen LogP) is 3.15. The van der Waals surface area contributed by atoms with Crippen LogP contribution in [0.1, 0.15) is 28.8 Å². The lowest BCUT2D eigenvalue weighted by molar-refractivity contribution is -0.116. The maximum Gasteiger partial charge on any atom is 0.251 e. The van der Waals surface area contributed by atoms with E-state index in [1.165, 1.54) is 0 Å². The van der Waals surface area contributed by atoms with Gasteiger partial charge in [-0.15, -0.1) is 0 Å². The van der Waals surface area contributed by atoms with Crippen LogP contribution in [0.25, 0.3) is 0 Å². The van der Waals surface area contributed by atoms with Gasteiger partial charge >= 0.3 is 0 Å². The molecule has 2 N–H and O–H groups in total. The van der Waals surface area contributed by atoms with Gasteiger partial charge in [-0.25, -0.2) is 0 Å². The van der Waals surface area contributed by atoms with Crippen molar-refractivity contribution in [3.05, 3.63) is 59.7 Å². The first-order valence-electron chi connectivity index (χ1n) is 7.90. The summed E-state index contributed by atoms with van der Waals surface area (Å²) in [6.07, 6.45) is 0.978. The molecule has 2 rings (SSSR count). The highest BCUT2D eigenvalue weighted by molar-refractivity contribution is 5.97. The Morgan fingerprint density at radius 1 is 1.08 bits per heavy atom. The molecule has 0 bridgehead atoms. The van der Waals surface area contributed by atoms with E-state index in [1.807, 2.05) is 43.3 Å². The van der Waals surface area contributed by atoms with Crippen molar-refractivity contribution in [2.75, 3.05) is 19.0 Å². The number of hydrogen-bond acceptors (Lipinski definition) is 3. The average molecular weight is 326 g/mol. The number of hydrogen-bond donors (Lipinski definition) is 2. The summed E-state index contributed by atoms with van der Waals surface area (Å²) in [6, 6.07) is 14.7. The normalized spacial score (nSPS) is 10.1. The van der Waals surface area contributed by atoms with E-state index < -0.39 is 0 Å². The molecular weight excluding hydrogens is 304 g/mol. The SMILES string of the molecule is CNC(=O)c1ccc(C)c(NC(=O)CCCOc2ccccc2)c1. The Hall–Kier alpha value is -2.82.